The summed E-state index contributed by atoms with van der Waals surface area (Å²) in [7, 11) is 0. The van der Waals surface area contributed by atoms with Gasteiger partial charge in [0.25, 0.3) is 0 Å². The van der Waals surface area contributed by atoms with Crippen molar-refractivity contribution in [2.45, 2.75) is 67.2 Å². The van der Waals surface area contributed by atoms with Crippen molar-refractivity contribution in [3.8, 4) is 0 Å². The van der Waals surface area contributed by atoms with Gasteiger partial charge in [0.2, 0.25) is 0 Å². The van der Waals surface area contributed by atoms with Gasteiger partial charge in [-0.1, -0.05) is 65.8 Å². The highest BCUT2D eigenvalue weighted by Crippen LogP contribution is 2.32. The van der Waals surface area contributed by atoms with Crippen molar-refractivity contribution in [2.75, 3.05) is 0 Å². The number of hydrogen-bond acceptors (Lipinski definition) is 0. The molecule has 0 aliphatic heterocycles. The van der Waals surface area contributed by atoms with Gasteiger partial charge in [0.1, 0.15) is 0 Å². The van der Waals surface area contributed by atoms with E-state index in [1.165, 1.54) is 33.0 Å². The molecule has 2 aromatic rings. The normalized spacial score (nSPS) is 10.9. The summed E-state index contributed by atoms with van der Waals surface area (Å²) in [6.45, 7) is 17.6. The van der Waals surface area contributed by atoms with Crippen LogP contribution < -0.4 is 0 Å². The minimum absolute atomic E-state index is 0.590. The Morgan fingerprint density at radius 1 is 0.750 bits per heavy atom. The molecule has 0 fully saturated rings. The van der Waals surface area contributed by atoms with Crippen molar-refractivity contribution in [1.29, 1.82) is 0 Å². The highest BCUT2D eigenvalue weighted by molar-refractivity contribution is 5.88. The van der Waals surface area contributed by atoms with Crippen LogP contribution >= 0.6 is 0 Å². The predicted molar refractivity (Wildman–Crippen MR) is 92.9 cm³/mol. The predicted octanol–water partition coefficient (Wildman–Crippen LogP) is 6.73. The number of benzene rings is 2. The van der Waals surface area contributed by atoms with Gasteiger partial charge in [-0.25, -0.2) is 0 Å². The summed E-state index contributed by atoms with van der Waals surface area (Å²) in [6.07, 6.45) is 0. The lowest BCUT2D eigenvalue weighted by Gasteiger charge is -2.18. The highest BCUT2D eigenvalue weighted by atomic mass is 14.2. The third-order valence-corrected chi connectivity index (χ3v) is 4.01. The number of fused-ring (bicyclic) bond motifs is 1. The average Bonchev–Trinajstić information content (AvgIpc) is 2.44. The maximum atomic E-state index is 2.41. The van der Waals surface area contributed by atoms with E-state index in [0.717, 1.165) is 0 Å². The molecule has 0 saturated heterocycles. The van der Waals surface area contributed by atoms with Crippen LogP contribution in [-0.4, -0.2) is 0 Å². The number of aryl methyl sites for hydroxylation is 2. The van der Waals surface area contributed by atoms with Gasteiger partial charge in [0, 0.05) is 0 Å². The molecule has 0 bridgehead atoms. The van der Waals surface area contributed by atoms with Crippen LogP contribution in [0.2, 0.25) is 0 Å². The molecule has 0 aliphatic carbocycles. The van der Waals surface area contributed by atoms with E-state index >= 15 is 0 Å². The zero-order valence-electron chi connectivity index (χ0n) is 14.5. The molecule has 20 heavy (non-hydrogen) atoms. The lowest BCUT2D eigenvalue weighted by atomic mass is 9.86. The standard InChI is InChI=1S/C18H24.C2H6/c1-11(2)16-9-15-8-7-13(5)14(6)18(15)10-17(16)12(3)4;1-2/h7-12H,1-6H3;1-2H3. The van der Waals surface area contributed by atoms with E-state index in [1.807, 2.05) is 13.8 Å². The van der Waals surface area contributed by atoms with Crippen molar-refractivity contribution in [3.05, 3.63) is 46.5 Å². The van der Waals surface area contributed by atoms with E-state index in [-0.39, 0.29) is 0 Å². The molecule has 0 aliphatic rings. The molecule has 0 amide bonds. The number of rotatable bonds is 2. The molecule has 0 unspecified atom stereocenters. The van der Waals surface area contributed by atoms with Gasteiger partial charge in [0.05, 0.1) is 0 Å². The molecular formula is C20H30. The molecule has 0 heteroatoms. The average molecular weight is 270 g/mol. The number of hydrogen-bond donors (Lipinski definition) is 0. The minimum Gasteiger partial charge on any atom is -0.0683 e. The third kappa shape index (κ3) is 3.23. The molecule has 0 saturated carbocycles. The molecule has 110 valence electrons. The first-order chi connectivity index (χ1) is 9.41. The second-order valence-electron chi connectivity index (χ2n) is 6.02. The first kappa shape index (κ1) is 16.8. The summed E-state index contributed by atoms with van der Waals surface area (Å²) >= 11 is 0. The van der Waals surface area contributed by atoms with Crippen LogP contribution in [0.25, 0.3) is 10.8 Å². The third-order valence-electron chi connectivity index (χ3n) is 4.01. The van der Waals surface area contributed by atoms with Crippen molar-refractivity contribution in [2.24, 2.45) is 0 Å². The Bertz CT molecular complexity index is 574. The molecule has 0 atom stereocenters. The second kappa shape index (κ2) is 6.92. The quantitative estimate of drug-likeness (QED) is 0.567. The molecule has 2 rings (SSSR count). The van der Waals surface area contributed by atoms with Crippen LogP contribution in [0, 0.1) is 13.8 Å². The minimum atomic E-state index is 0.590. The van der Waals surface area contributed by atoms with Gasteiger partial charge in [-0.3, -0.25) is 0 Å². The maximum absolute atomic E-state index is 2.41. The van der Waals surface area contributed by atoms with Gasteiger partial charge >= 0.3 is 0 Å². The van der Waals surface area contributed by atoms with Crippen molar-refractivity contribution in [3.63, 3.8) is 0 Å². The topological polar surface area (TPSA) is 0 Å². The van der Waals surface area contributed by atoms with E-state index in [4.69, 9.17) is 0 Å². The zero-order chi connectivity index (χ0) is 15.4. The molecule has 0 nitrogen and oxygen atoms in total. The van der Waals surface area contributed by atoms with Crippen LogP contribution in [0.5, 0.6) is 0 Å². The molecule has 0 heterocycles. The Labute approximate surface area is 125 Å². The second-order valence-corrected chi connectivity index (χ2v) is 6.02. The van der Waals surface area contributed by atoms with Crippen LogP contribution in [0.15, 0.2) is 24.3 Å². The van der Waals surface area contributed by atoms with Crippen LogP contribution in [-0.2, 0) is 0 Å². The first-order valence-electron chi connectivity index (χ1n) is 7.95. The molecule has 0 aromatic heterocycles. The molecule has 2 aromatic carbocycles. The van der Waals surface area contributed by atoms with E-state index in [2.05, 4.69) is 65.8 Å². The van der Waals surface area contributed by atoms with Crippen LogP contribution in [0.3, 0.4) is 0 Å². The van der Waals surface area contributed by atoms with E-state index in [0.29, 0.717) is 11.8 Å². The molecule has 0 radical (unpaired) electrons. The fourth-order valence-electron chi connectivity index (χ4n) is 2.67. The highest BCUT2D eigenvalue weighted by Gasteiger charge is 2.12. The van der Waals surface area contributed by atoms with Gasteiger partial charge in [0.15, 0.2) is 0 Å². The smallest absolute Gasteiger partial charge is 0.0149 e. The van der Waals surface area contributed by atoms with Crippen molar-refractivity contribution >= 4 is 10.8 Å². The zero-order valence-corrected chi connectivity index (χ0v) is 14.5. The summed E-state index contributed by atoms with van der Waals surface area (Å²) in [4.78, 5) is 0. The van der Waals surface area contributed by atoms with Gasteiger partial charge < -0.3 is 0 Å². The lowest BCUT2D eigenvalue weighted by molar-refractivity contribution is 0.793. The Hall–Kier alpha value is -1.30. The van der Waals surface area contributed by atoms with E-state index in [9.17, 15) is 0 Å². The summed E-state index contributed by atoms with van der Waals surface area (Å²) in [6, 6.07) is 9.30. The lowest BCUT2D eigenvalue weighted by Crippen LogP contribution is -1.99. The Morgan fingerprint density at radius 3 is 1.75 bits per heavy atom. The SMILES string of the molecule is CC.Cc1ccc2cc(C(C)C)c(C(C)C)cc2c1C. The monoisotopic (exact) mass is 270 g/mol. The molecule has 0 N–H and O–H groups in total. The van der Waals surface area contributed by atoms with Crippen LogP contribution in [0.4, 0.5) is 0 Å². The fraction of sp³-hybridized carbons (Fsp3) is 0.500. The first-order valence-corrected chi connectivity index (χ1v) is 7.95. The fourth-order valence-corrected chi connectivity index (χ4v) is 2.67. The van der Waals surface area contributed by atoms with E-state index < -0.39 is 0 Å². The van der Waals surface area contributed by atoms with Gasteiger partial charge in [-0.15, -0.1) is 0 Å². The van der Waals surface area contributed by atoms with Gasteiger partial charge in [-0.2, -0.15) is 0 Å². The summed E-state index contributed by atoms with van der Waals surface area (Å²) in [5, 5.41) is 2.80. The molecule has 0 spiro atoms. The largest absolute Gasteiger partial charge is 0.0683 e. The summed E-state index contributed by atoms with van der Waals surface area (Å²) < 4.78 is 0. The Kier molecular flexibility index (Phi) is 5.80. The van der Waals surface area contributed by atoms with E-state index in [1.54, 1.807) is 0 Å². The summed E-state index contributed by atoms with van der Waals surface area (Å²) in [5.74, 6) is 1.18. The Morgan fingerprint density at radius 2 is 1.25 bits per heavy atom. The Balaban J connectivity index is 0.000000956. The van der Waals surface area contributed by atoms with Gasteiger partial charge in [-0.05, 0) is 58.7 Å². The molecular weight excluding hydrogens is 240 g/mol. The van der Waals surface area contributed by atoms with Crippen molar-refractivity contribution in [1.82, 2.24) is 0 Å². The summed E-state index contributed by atoms with van der Waals surface area (Å²) in [5.41, 5.74) is 5.81. The van der Waals surface area contributed by atoms with Crippen LogP contribution in [0.1, 0.15) is 75.6 Å². The maximum Gasteiger partial charge on any atom is -0.0149 e. The van der Waals surface area contributed by atoms with Crippen molar-refractivity contribution < 1.29 is 0 Å².